The van der Waals surface area contributed by atoms with Crippen LogP contribution in [0.4, 0.5) is 0 Å². The van der Waals surface area contributed by atoms with E-state index in [9.17, 15) is 23.3 Å². The summed E-state index contributed by atoms with van der Waals surface area (Å²) in [7, 11) is -3.22. The molecule has 0 bridgehead atoms. The normalized spacial score (nSPS) is 17.2. The van der Waals surface area contributed by atoms with Crippen molar-refractivity contribution in [3.8, 4) is 17.7 Å². The zero-order chi connectivity index (χ0) is 25.3. The first-order chi connectivity index (χ1) is 16.6. The van der Waals surface area contributed by atoms with Crippen LogP contribution in [0.25, 0.3) is 11.7 Å². The van der Waals surface area contributed by atoms with E-state index in [4.69, 9.17) is 4.74 Å². The summed E-state index contributed by atoms with van der Waals surface area (Å²) in [5.74, 6) is -0.517. The maximum atomic E-state index is 13.4. The average Bonchev–Trinajstić information content (AvgIpc) is 3.15. The Hall–Kier alpha value is -3.97. The fraction of sp³-hybridized carbons (Fsp3) is 0.280. The van der Waals surface area contributed by atoms with Gasteiger partial charge in [-0.15, -0.1) is 0 Å². The quantitative estimate of drug-likeness (QED) is 0.428. The molecule has 1 amide bonds. The number of benzene rings is 1. The minimum absolute atomic E-state index is 0.0212. The zero-order valence-corrected chi connectivity index (χ0v) is 20.3. The van der Waals surface area contributed by atoms with Gasteiger partial charge in [0.25, 0.3) is 11.5 Å². The molecule has 0 unspecified atom stereocenters. The van der Waals surface area contributed by atoms with Crippen molar-refractivity contribution in [1.82, 2.24) is 14.7 Å². The second-order valence-corrected chi connectivity index (χ2v) is 10.8. The summed E-state index contributed by atoms with van der Waals surface area (Å²) in [5.41, 5.74) is 2.03. The number of nitrogens with one attached hydrogen (secondary N) is 1. The first-order valence-corrected chi connectivity index (χ1v) is 12.8. The molecule has 0 radical (unpaired) electrons. The Balaban J connectivity index is 1.82. The summed E-state index contributed by atoms with van der Waals surface area (Å²) < 4.78 is 30.8. The lowest BCUT2D eigenvalue weighted by Gasteiger charge is -2.14. The van der Waals surface area contributed by atoms with E-state index in [1.807, 2.05) is 45.0 Å². The predicted octanol–water partition coefficient (Wildman–Crippen LogP) is 2.62. The number of pyridine rings is 1. The van der Waals surface area contributed by atoms with E-state index in [1.165, 1.54) is 4.40 Å². The molecule has 2 aromatic heterocycles. The molecular weight excluding hydrogens is 468 g/mol. The first kappa shape index (κ1) is 24.2. The highest BCUT2D eigenvalue weighted by Crippen LogP contribution is 2.28. The Morgan fingerprint density at radius 3 is 2.66 bits per heavy atom. The van der Waals surface area contributed by atoms with Crippen LogP contribution in [0.5, 0.6) is 11.6 Å². The topological polar surface area (TPSA) is 131 Å². The number of carbonyl (C=O) groups is 1. The van der Waals surface area contributed by atoms with Crippen molar-refractivity contribution < 1.29 is 17.9 Å². The number of aryl methyl sites for hydroxylation is 2. The summed E-state index contributed by atoms with van der Waals surface area (Å²) in [5, 5.41) is 12.3. The lowest BCUT2D eigenvalue weighted by molar-refractivity contribution is -0.117. The van der Waals surface area contributed by atoms with Gasteiger partial charge in [-0.2, -0.15) is 10.2 Å². The molecule has 0 saturated carbocycles. The minimum Gasteiger partial charge on any atom is -0.438 e. The number of hydrogen-bond acceptors (Lipinski definition) is 7. The zero-order valence-electron chi connectivity index (χ0n) is 19.5. The van der Waals surface area contributed by atoms with Crippen LogP contribution >= 0.6 is 0 Å². The fourth-order valence-corrected chi connectivity index (χ4v) is 5.57. The number of fused-ring (bicyclic) bond motifs is 1. The summed E-state index contributed by atoms with van der Waals surface area (Å²) in [6.07, 6.45) is 2.96. The van der Waals surface area contributed by atoms with E-state index in [-0.39, 0.29) is 34.9 Å². The molecule has 1 aliphatic rings. The standard InChI is InChI=1S/C25H24N4O5S/c1-15-6-4-8-21(17(15)3)34-24-20(25(31)29-10-5-7-16(2)22(29)28-24)12-18(13-26)23(30)27-19-9-11-35(32,33)14-19/h4-8,10,12,19H,9,11,14H2,1-3H3,(H,27,30)/b18-12+/t19-/m0/s1. The third kappa shape index (κ3) is 4.95. The highest BCUT2D eigenvalue weighted by Gasteiger charge is 2.30. The van der Waals surface area contributed by atoms with Crippen molar-refractivity contribution >= 4 is 27.5 Å². The van der Waals surface area contributed by atoms with Gasteiger partial charge in [0.2, 0.25) is 5.88 Å². The van der Waals surface area contributed by atoms with Crippen LogP contribution in [0.15, 0.2) is 46.9 Å². The van der Waals surface area contributed by atoms with Gasteiger partial charge in [0.15, 0.2) is 9.84 Å². The van der Waals surface area contributed by atoms with Gasteiger partial charge in [0, 0.05) is 12.2 Å². The Morgan fingerprint density at radius 1 is 1.23 bits per heavy atom. The van der Waals surface area contributed by atoms with Gasteiger partial charge in [-0.05, 0) is 62.1 Å². The second-order valence-electron chi connectivity index (χ2n) is 8.56. The molecule has 1 fully saturated rings. The maximum absolute atomic E-state index is 13.4. The number of carbonyl (C=O) groups excluding carboxylic acids is 1. The van der Waals surface area contributed by atoms with E-state index in [1.54, 1.807) is 18.3 Å². The molecule has 0 spiro atoms. The molecule has 9 nitrogen and oxygen atoms in total. The fourth-order valence-electron chi connectivity index (χ4n) is 3.90. The van der Waals surface area contributed by atoms with Crippen molar-refractivity contribution in [1.29, 1.82) is 5.26 Å². The van der Waals surface area contributed by atoms with Crippen molar-refractivity contribution in [3.05, 3.63) is 74.7 Å². The van der Waals surface area contributed by atoms with E-state index in [0.29, 0.717) is 11.4 Å². The lowest BCUT2D eigenvalue weighted by Crippen LogP contribution is -2.36. The number of sulfone groups is 1. The minimum atomic E-state index is -3.22. The molecule has 35 heavy (non-hydrogen) atoms. The van der Waals surface area contributed by atoms with E-state index in [2.05, 4.69) is 10.3 Å². The molecule has 1 aliphatic heterocycles. The maximum Gasteiger partial charge on any atom is 0.269 e. The number of nitrogens with zero attached hydrogens (tertiary/aromatic N) is 3. The van der Waals surface area contributed by atoms with Gasteiger partial charge in [-0.25, -0.2) is 8.42 Å². The Labute approximate surface area is 202 Å². The van der Waals surface area contributed by atoms with Gasteiger partial charge >= 0.3 is 0 Å². The molecule has 0 aliphatic carbocycles. The molecule has 180 valence electrons. The highest BCUT2D eigenvalue weighted by molar-refractivity contribution is 7.91. The Morgan fingerprint density at radius 2 is 1.97 bits per heavy atom. The summed E-state index contributed by atoms with van der Waals surface area (Å²) in [4.78, 5) is 30.7. The number of ether oxygens (including phenoxy) is 1. The molecule has 4 rings (SSSR count). The van der Waals surface area contributed by atoms with Gasteiger partial charge in [0.1, 0.15) is 28.6 Å². The summed E-state index contributed by atoms with van der Waals surface area (Å²) in [6.45, 7) is 5.61. The largest absolute Gasteiger partial charge is 0.438 e. The molecule has 3 aromatic rings. The third-order valence-corrected chi connectivity index (χ3v) is 7.80. The van der Waals surface area contributed by atoms with Crippen molar-refractivity contribution in [2.45, 2.75) is 33.2 Å². The molecule has 1 aromatic carbocycles. The van der Waals surface area contributed by atoms with Crippen LogP contribution in [0.2, 0.25) is 0 Å². The van der Waals surface area contributed by atoms with E-state index < -0.39 is 27.3 Å². The van der Waals surface area contributed by atoms with Crippen molar-refractivity contribution in [3.63, 3.8) is 0 Å². The smallest absolute Gasteiger partial charge is 0.269 e. The predicted molar refractivity (Wildman–Crippen MR) is 131 cm³/mol. The average molecular weight is 493 g/mol. The van der Waals surface area contributed by atoms with Gasteiger partial charge in [-0.3, -0.25) is 14.0 Å². The van der Waals surface area contributed by atoms with Crippen LogP contribution in [0.3, 0.4) is 0 Å². The van der Waals surface area contributed by atoms with Crippen LogP contribution in [-0.4, -0.2) is 41.3 Å². The van der Waals surface area contributed by atoms with Gasteiger partial charge in [0.05, 0.1) is 11.5 Å². The third-order valence-electron chi connectivity index (χ3n) is 6.03. The number of hydrogen-bond donors (Lipinski definition) is 1. The SMILES string of the molecule is Cc1cccc(Oc2nc3c(C)cccn3c(=O)c2/C=C(\C#N)C(=O)N[C@H]2CCS(=O)(=O)C2)c1C. The van der Waals surface area contributed by atoms with Crippen LogP contribution < -0.4 is 15.6 Å². The molecule has 1 atom stereocenters. The van der Waals surface area contributed by atoms with Crippen molar-refractivity contribution in [2.75, 3.05) is 11.5 Å². The van der Waals surface area contributed by atoms with Crippen LogP contribution in [-0.2, 0) is 14.6 Å². The van der Waals surface area contributed by atoms with Gasteiger partial charge in [-0.1, -0.05) is 18.2 Å². The number of rotatable bonds is 5. The molecular formula is C25H24N4O5S. The monoisotopic (exact) mass is 492 g/mol. The molecule has 10 heteroatoms. The second kappa shape index (κ2) is 9.35. The highest BCUT2D eigenvalue weighted by atomic mass is 32.2. The van der Waals surface area contributed by atoms with E-state index in [0.717, 1.165) is 22.8 Å². The van der Waals surface area contributed by atoms with E-state index >= 15 is 0 Å². The Kier molecular flexibility index (Phi) is 6.45. The first-order valence-electron chi connectivity index (χ1n) is 11.0. The number of nitriles is 1. The lowest BCUT2D eigenvalue weighted by atomic mass is 10.1. The van der Waals surface area contributed by atoms with Gasteiger partial charge < -0.3 is 10.1 Å². The number of aromatic nitrogens is 2. The number of amides is 1. The molecule has 3 heterocycles. The van der Waals surface area contributed by atoms with Crippen LogP contribution in [0, 0.1) is 32.1 Å². The van der Waals surface area contributed by atoms with Crippen molar-refractivity contribution in [2.24, 2.45) is 0 Å². The Bertz CT molecular complexity index is 1580. The summed E-state index contributed by atoms with van der Waals surface area (Å²) >= 11 is 0. The molecule has 1 N–H and O–H groups in total. The molecule has 1 saturated heterocycles. The van der Waals surface area contributed by atoms with Crippen LogP contribution in [0.1, 0.15) is 28.7 Å². The summed E-state index contributed by atoms with van der Waals surface area (Å²) in [6, 6.07) is 10.2.